The van der Waals surface area contributed by atoms with Crippen LogP contribution < -0.4 is 5.32 Å². The van der Waals surface area contributed by atoms with Crippen molar-refractivity contribution in [2.75, 3.05) is 5.32 Å². The lowest BCUT2D eigenvalue weighted by molar-refractivity contribution is -0.142. The first-order chi connectivity index (χ1) is 13.2. The van der Waals surface area contributed by atoms with Gasteiger partial charge in [0.05, 0.1) is 34.8 Å². The van der Waals surface area contributed by atoms with E-state index in [0.29, 0.717) is 12.2 Å². The minimum Gasteiger partial charge on any atom is -0.322 e. The molecule has 28 heavy (non-hydrogen) atoms. The molecule has 1 amide bonds. The average molecular weight is 460 g/mol. The van der Waals surface area contributed by atoms with Gasteiger partial charge in [-0.1, -0.05) is 0 Å². The molecule has 0 radical (unpaired) electrons. The number of carbonyl (C=O) groups is 1. The molecule has 150 valence electrons. The molecule has 12 heteroatoms. The Labute approximate surface area is 166 Å². The summed E-state index contributed by atoms with van der Waals surface area (Å²) in [6, 6.07) is 0. The lowest BCUT2D eigenvalue weighted by atomic mass is 10.3. The minimum absolute atomic E-state index is 0.173. The van der Waals surface area contributed by atoms with Gasteiger partial charge in [0.25, 0.3) is 0 Å². The Bertz CT molecular complexity index is 989. The second-order valence-electron chi connectivity index (χ2n) is 6.08. The van der Waals surface area contributed by atoms with Gasteiger partial charge in [0.15, 0.2) is 5.69 Å². The molecule has 3 rings (SSSR count). The topological polar surface area (TPSA) is 82.6 Å². The molecule has 0 saturated carbocycles. The van der Waals surface area contributed by atoms with Crippen LogP contribution in [-0.2, 0) is 30.6 Å². The van der Waals surface area contributed by atoms with Gasteiger partial charge in [-0.05, 0) is 29.8 Å². The van der Waals surface area contributed by atoms with Gasteiger partial charge in [-0.15, -0.1) is 0 Å². The van der Waals surface area contributed by atoms with Crippen molar-refractivity contribution in [1.82, 2.24) is 29.3 Å². The number of hydrogen-bond acceptors (Lipinski definition) is 4. The predicted octanol–water partition coefficient (Wildman–Crippen LogP) is 3.07. The molecule has 3 heterocycles. The largest absolute Gasteiger partial charge is 0.436 e. The number of nitrogens with zero attached hydrogens (tertiary/aromatic N) is 6. The molecule has 0 atom stereocenters. The maximum absolute atomic E-state index is 12.9. The lowest BCUT2D eigenvalue weighted by Crippen LogP contribution is -2.20. The molecule has 0 aliphatic heterocycles. The van der Waals surface area contributed by atoms with Crippen LogP contribution in [0.3, 0.4) is 0 Å². The third kappa shape index (κ3) is 4.43. The highest BCUT2D eigenvalue weighted by molar-refractivity contribution is 9.10. The Morgan fingerprint density at radius 2 is 1.93 bits per heavy atom. The third-order valence-electron chi connectivity index (χ3n) is 3.97. The Kier molecular flexibility index (Phi) is 5.59. The summed E-state index contributed by atoms with van der Waals surface area (Å²) in [6.45, 7) is 4.33. The van der Waals surface area contributed by atoms with Crippen LogP contribution in [0.15, 0.2) is 29.3 Å². The Balaban J connectivity index is 1.64. The molecule has 0 spiro atoms. The molecule has 0 bridgehead atoms. The molecular formula is C16H17BrF3N7O. The number of hydrogen-bond donors (Lipinski definition) is 1. The van der Waals surface area contributed by atoms with E-state index in [4.69, 9.17) is 0 Å². The molecule has 1 N–H and O–H groups in total. The number of aromatic nitrogens is 6. The maximum Gasteiger partial charge on any atom is 0.436 e. The summed E-state index contributed by atoms with van der Waals surface area (Å²) in [7, 11) is 0. The fourth-order valence-electron chi connectivity index (χ4n) is 2.56. The molecule has 0 aromatic carbocycles. The van der Waals surface area contributed by atoms with Gasteiger partial charge in [-0.25, -0.2) is 0 Å². The summed E-state index contributed by atoms with van der Waals surface area (Å²) >= 11 is 2.88. The van der Waals surface area contributed by atoms with Crippen molar-refractivity contribution in [2.24, 2.45) is 0 Å². The number of alkyl halides is 3. The van der Waals surface area contributed by atoms with Crippen molar-refractivity contribution in [3.8, 4) is 0 Å². The van der Waals surface area contributed by atoms with Crippen LogP contribution in [0, 0.1) is 6.92 Å². The molecule has 0 unspecified atom stereocenters. The molecule has 0 aliphatic carbocycles. The number of carbonyl (C=O) groups excluding carboxylic acids is 1. The van der Waals surface area contributed by atoms with Crippen molar-refractivity contribution in [3.63, 3.8) is 0 Å². The van der Waals surface area contributed by atoms with E-state index < -0.39 is 17.8 Å². The fourth-order valence-corrected chi connectivity index (χ4v) is 3.07. The second-order valence-corrected chi connectivity index (χ2v) is 6.88. The summed E-state index contributed by atoms with van der Waals surface area (Å²) in [5, 5.41) is 14.4. The van der Waals surface area contributed by atoms with Crippen molar-refractivity contribution >= 4 is 27.5 Å². The van der Waals surface area contributed by atoms with E-state index in [1.807, 2.05) is 13.1 Å². The quantitative estimate of drug-likeness (QED) is 0.613. The van der Waals surface area contributed by atoms with Gasteiger partial charge in [-0.2, -0.15) is 28.5 Å². The van der Waals surface area contributed by atoms with Gasteiger partial charge in [0.2, 0.25) is 5.91 Å². The number of nitrogens with one attached hydrogen (secondary N) is 1. The van der Waals surface area contributed by atoms with Crippen LogP contribution >= 0.6 is 15.9 Å². The van der Waals surface area contributed by atoms with Gasteiger partial charge in [0.1, 0.15) is 6.54 Å². The Hall–Kier alpha value is -2.63. The first-order valence-corrected chi connectivity index (χ1v) is 9.10. The smallest absolute Gasteiger partial charge is 0.322 e. The average Bonchev–Trinajstić information content (AvgIpc) is 3.31. The second kappa shape index (κ2) is 7.78. The zero-order valence-corrected chi connectivity index (χ0v) is 16.6. The Morgan fingerprint density at radius 3 is 2.54 bits per heavy atom. The van der Waals surface area contributed by atoms with Crippen molar-refractivity contribution in [1.29, 1.82) is 0 Å². The minimum atomic E-state index is -4.60. The van der Waals surface area contributed by atoms with Gasteiger partial charge >= 0.3 is 6.18 Å². The van der Waals surface area contributed by atoms with Crippen LogP contribution in [0.5, 0.6) is 0 Å². The van der Waals surface area contributed by atoms with E-state index in [2.05, 4.69) is 36.5 Å². The highest BCUT2D eigenvalue weighted by Crippen LogP contribution is 2.35. The van der Waals surface area contributed by atoms with E-state index in [1.165, 1.54) is 13.1 Å². The lowest BCUT2D eigenvalue weighted by Gasteiger charge is -2.05. The van der Waals surface area contributed by atoms with Gasteiger partial charge in [0, 0.05) is 24.5 Å². The summed E-state index contributed by atoms with van der Waals surface area (Å²) in [4.78, 5) is 12.2. The van der Waals surface area contributed by atoms with E-state index >= 15 is 0 Å². The van der Waals surface area contributed by atoms with E-state index in [1.54, 1.807) is 21.8 Å². The molecule has 3 aromatic rings. The molecule has 3 aromatic heterocycles. The number of rotatable bonds is 6. The summed E-state index contributed by atoms with van der Waals surface area (Å²) in [5.74, 6) is -0.509. The monoisotopic (exact) mass is 459 g/mol. The van der Waals surface area contributed by atoms with E-state index in [9.17, 15) is 18.0 Å². The van der Waals surface area contributed by atoms with Crippen LogP contribution in [0.1, 0.15) is 23.9 Å². The van der Waals surface area contributed by atoms with Crippen molar-refractivity contribution in [3.05, 3.63) is 46.2 Å². The Morgan fingerprint density at radius 1 is 1.21 bits per heavy atom. The molecule has 0 fully saturated rings. The number of aryl methyl sites for hydroxylation is 1. The first kappa shape index (κ1) is 20.1. The van der Waals surface area contributed by atoms with E-state index in [-0.39, 0.29) is 16.7 Å². The zero-order valence-electron chi connectivity index (χ0n) is 15.0. The molecule has 8 nitrogen and oxygen atoms in total. The van der Waals surface area contributed by atoms with E-state index in [0.717, 1.165) is 16.8 Å². The number of halogens is 4. The number of anilines is 1. The highest BCUT2D eigenvalue weighted by Gasteiger charge is 2.38. The zero-order chi connectivity index (χ0) is 20.5. The molecular weight excluding hydrogens is 443 g/mol. The van der Waals surface area contributed by atoms with Crippen LogP contribution in [0.25, 0.3) is 0 Å². The van der Waals surface area contributed by atoms with Gasteiger partial charge in [-0.3, -0.25) is 18.8 Å². The van der Waals surface area contributed by atoms with Crippen molar-refractivity contribution < 1.29 is 18.0 Å². The maximum atomic E-state index is 12.9. The van der Waals surface area contributed by atoms with Gasteiger partial charge < -0.3 is 5.32 Å². The fraction of sp³-hybridized carbons (Fsp3) is 0.375. The normalized spacial score (nSPS) is 11.8. The van der Waals surface area contributed by atoms with Crippen LogP contribution in [0.4, 0.5) is 18.9 Å². The SMILES string of the molecule is CCn1cc(Cn2cc(NC(=O)Cn3nc(C(F)(F)F)c(Br)c3C)cn2)cn1. The predicted molar refractivity (Wildman–Crippen MR) is 97.5 cm³/mol. The molecule has 0 saturated heterocycles. The number of amides is 1. The van der Waals surface area contributed by atoms with Crippen molar-refractivity contribution in [2.45, 2.75) is 39.7 Å². The van der Waals surface area contributed by atoms with Crippen LogP contribution in [-0.4, -0.2) is 35.2 Å². The van der Waals surface area contributed by atoms with Crippen LogP contribution in [0.2, 0.25) is 0 Å². The third-order valence-corrected chi connectivity index (χ3v) is 4.92. The highest BCUT2D eigenvalue weighted by atomic mass is 79.9. The summed E-state index contributed by atoms with van der Waals surface area (Å²) in [6.07, 6.45) is 2.14. The summed E-state index contributed by atoms with van der Waals surface area (Å²) < 4.78 is 43.0. The standard InChI is InChI=1S/C16H17BrF3N7O/c1-3-25-6-11(4-21-25)7-26-8-12(5-22-26)23-13(28)9-27-10(2)14(17)15(24-27)16(18,19)20/h4-6,8H,3,7,9H2,1-2H3,(H,23,28). The summed E-state index contributed by atoms with van der Waals surface area (Å²) in [5.41, 5.74) is 0.552. The first-order valence-electron chi connectivity index (χ1n) is 8.31. The molecule has 0 aliphatic rings.